The highest BCUT2D eigenvalue weighted by Crippen LogP contribution is 2.53. The van der Waals surface area contributed by atoms with Gasteiger partial charge in [-0.3, -0.25) is 0 Å². The van der Waals surface area contributed by atoms with Gasteiger partial charge in [-0.2, -0.15) is 0 Å². The Kier molecular flexibility index (Phi) is 6.34. The van der Waals surface area contributed by atoms with E-state index in [0.29, 0.717) is 0 Å². The summed E-state index contributed by atoms with van der Waals surface area (Å²) in [6.45, 7) is 9.43. The fourth-order valence-corrected chi connectivity index (χ4v) is 9.11. The van der Waals surface area contributed by atoms with Gasteiger partial charge in [0, 0.05) is 27.9 Å². The van der Waals surface area contributed by atoms with Gasteiger partial charge in [-0.05, 0) is 120 Å². The van der Waals surface area contributed by atoms with Crippen LogP contribution in [0.3, 0.4) is 0 Å². The van der Waals surface area contributed by atoms with Crippen molar-refractivity contribution in [3.05, 3.63) is 186 Å². The molecule has 0 N–H and O–H groups in total. The van der Waals surface area contributed by atoms with E-state index >= 15 is 0 Å². The molecular weight excluding hydrogens is 615 g/mol. The van der Waals surface area contributed by atoms with Crippen molar-refractivity contribution in [2.75, 3.05) is 4.90 Å². The quantitative estimate of drug-likeness (QED) is 0.183. The van der Waals surface area contributed by atoms with E-state index in [2.05, 4.69) is 196 Å². The molecule has 2 aliphatic carbocycles. The van der Waals surface area contributed by atoms with Crippen molar-refractivity contribution >= 4 is 38.6 Å². The van der Waals surface area contributed by atoms with E-state index in [1.807, 2.05) is 0 Å². The maximum Gasteiger partial charge on any atom is 0.0468 e. The second-order valence-electron chi connectivity index (χ2n) is 15.4. The minimum Gasteiger partial charge on any atom is -0.310 e. The highest BCUT2D eigenvalue weighted by molar-refractivity contribution is 6.04. The highest BCUT2D eigenvalue weighted by Gasteiger charge is 2.37. The molecule has 0 spiro atoms. The highest BCUT2D eigenvalue weighted by atomic mass is 15.1. The van der Waals surface area contributed by atoms with Crippen molar-refractivity contribution in [3.8, 4) is 33.4 Å². The standard InChI is InChI=1S/C50H39N/c1-49(2)45-16-10-8-14-43(45)48-40-26-24-38(30-36(40)21-28-46(48)49)51(39-25-27-42-41-13-7-9-15-44(41)50(3,4)47(42)31-39)37-22-19-33(20-23-37)35-18-17-32-11-5-6-12-34(32)29-35/h5-31H,1-4H3. The van der Waals surface area contributed by atoms with Crippen LogP contribution >= 0.6 is 0 Å². The third-order valence-corrected chi connectivity index (χ3v) is 11.8. The Bertz CT molecular complexity index is 2690. The number of nitrogens with zero attached hydrogens (tertiary/aromatic N) is 1. The van der Waals surface area contributed by atoms with Gasteiger partial charge >= 0.3 is 0 Å². The molecule has 1 heteroatoms. The molecule has 0 fully saturated rings. The van der Waals surface area contributed by atoms with Gasteiger partial charge in [0.05, 0.1) is 0 Å². The predicted octanol–water partition coefficient (Wildman–Crippen LogP) is 13.7. The summed E-state index contributed by atoms with van der Waals surface area (Å²) < 4.78 is 0. The third kappa shape index (κ3) is 4.41. The molecule has 0 aromatic heterocycles. The first-order chi connectivity index (χ1) is 24.8. The first-order valence-corrected chi connectivity index (χ1v) is 18.1. The first kappa shape index (κ1) is 29.9. The van der Waals surface area contributed by atoms with Gasteiger partial charge in [-0.25, -0.2) is 0 Å². The smallest absolute Gasteiger partial charge is 0.0468 e. The van der Waals surface area contributed by atoms with Crippen LogP contribution in [0.5, 0.6) is 0 Å². The predicted molar refractivity (Wildman–Crippen MR) is 217 cm³/mol. The summed E-state index contributed by atoms with van der Waals surface area (Å²) >= 11 is 0. The number of rotatable bonds is 4. The van der Waals surface area contributed by atoms with E-state index in [0.717, 1.165) is 11.4 Å². The lowest BCUT2D eigenvalue weighted by Gasteiger charge is -2.28. The summed E-state index contributed by atoms with van der Waals surface area (Å²) in [6, 6.07) is 61.1. The van der Waals surface area contributed by atoms with E-state index in [4.69, 9.17) is 0 Å². The Morgan fingerprint density at radius 1 is 0.353 bits per heavy atom. The zero-order valence-corrected chi connectivity index (χ0v) is 29.5. The zero-order valence-electron chi connectivity index (χ0n) is 29.5. The number of benzene rings is 8. The largest absolute Gasteiger partial charge is 0.310 e. The molecule has 0 unspecified atom stereocenters. The average Bonchev–Trinajstić information content (AvgIpc) is 3.54. The maximum absolute atomic E-state index is 2.44. The third-order valence-electron chi connectivity index (χ3n) is 11.8. The summed E-state index contributed by atoms with van der Waals surface area (Å²) in [7, 11) is 0. The summed E-state index contributed by atoms with van der Waals surface area (Å²) in [5.41, 5.74) is 16.8. The van der Waals surface area contributed by atoms with Crippen molar-refractivity contribution in [2.24, 2.45) is 0 Å². The molecular formula is C50H39N. The maximum atomic E-state index is 2.44. The van der Waals surface area contributed by atoms with Crippen LogP contribution in [-0.4, -0.2) is 0 Å². The molecule has 0 bridgehead atoms. The van der Waals surface area contributed by atoms with Crippen LogP contribution in [0.2, 0.25) is 0 Å². The van der Waals surface area contributed by atoms with Crippen molar-refractivity contribution in [1.82, 2.24) is 0 Å². The van der Waals surface area contributed by atoms with Gasteiger partial charge < -0.3 is 4.90 Å². The molecule has 10 rings (SSSR count). The summed E-state index contributed by atoms with van der Waals surface area (Å²) in [6.07, 6.45) is 0. The lowest BCUT2D eigenvalue weighted by Crippen LogP contribution is -2.16. The number of hydrogen-bond acceptors (Lipinski definition) is 1. The van der Waals surface area contributed by atoms with E-state index in [1.165, 1.54) is 82.9 Å². The Labute approximate surface area is 300 Å². The van der Waals surface area contributed by atoms with Gasteiger partial charge in [-0.15, -0.1) is 0 Å². The fraction of sp³-hybridized carbons (Fsp3) is 0.120. The van der Waals surface area contributed by atoms with Gasteiger partial charge in [-0.1, -0.05) is 149 Å². The summed E-state index contributed by atoms with van der Waals surface area (Å²) in [5.74, 6) is 0. The SMILES string of the molecule is CC1(C)c2ccccc2-c2ccc(N(c3ccc(-c4ccc5ccccc5c4)cc3)c3ccc4c5c(ccc4c3)C(C)(C)c3ccccc3-5)cc21. The summed E-state index contributed by atoms with van der Waals surface area (Å²) in [5, 5.41) is 5.09. The molecule has 0 saturated carbocycles. The van der Waals surface area contributed by atoms with Crippen LogP contribution < -0.4 is 4.90 Å². The molecule has 0 amide bonds. The minimum absolute atomic E-state index is 0.0214. The lowest BCUT2D eigenvalue weighted by molar-refractivity contribution is 0.660. The molecule has 1 nitrogen and oxygen atoms in total. The van der Waals surface area contributed by atoms with Crippen molar-refractivity contribution in [3.63, 3.8) is 0 Å². The van der Waals surface area contributed by atoms with E-state index in [1.54, 1.807) is 0 Å². The van der Waals surface area contributed by atoms with E-state index in [-0.39, 0.29) is 10.8 Å². The van der Waals surface area contributed by atoms with Crippen LogP contribution in [0.1, 0.15) is 49.9 Å². The minimum atomic E-state index is -0.0856. The zero-order chi connectivity index (χ0) is 34.5. The van der Waals surface area contributed by atoms with Crippen LogP contribution in [0.25, 0.3) is 54.9 Å². The normalized spacial score (nSPS) is 14.6. The molecule has 0 saturated heterocycles. The Morgan fingerprint density at radius 3 is 1.73 bits per heavy atom. The molecule has 244 valence electrons. The second-order valence-corrected chi connectivity index (χ2v) is 15.4. The summed E-state index contributed by atoms with van der Waals surface area (Å²) in [4.78, 5) is 2.44. The van der Waals surface area contributed by atoms with Crippen molar-refractivity contribution in [2.45, 2.75) is 38.5 Å². The number of hydrogen-bond donors (Lipinski definition) is 0. The first-order valence-electron chi connectivity index (χ1n) is 18.1. The van der Waals surface area contributed by atoms with Gasteiger partial charge in [0.25, 0.3) is 0 Å². The Hall–Kier alpha value is -5.92. The molecule has 0 aliphatic heterocycles. The van der Waals surface area contributed by atoms with E-state index < -0.39 is 0 Å². The van der Waals surface area contributed by atoms with Gasteiger partial charge in [0.15, 0.2) is 0 Å². The average molecular weight is 654 g/mol. The van der Waals surface area contributed by atoms with Gasteiger partial charge in [0.1, 0.15) is 0 Å². The molecule has 0 atom stereocenters. The molecule has 0 heterocycles. The van der Waals surface area contributed by atoms with Crippen molar-refractivity contribution < 1.29 is 0 Å². The monoisotopic (exact) mass is 653 g/mol. The van der Waals surface area contributed by atoms with Crippen LogP contribution in [0.15, 0.2) is 164 Å². The topological polar surface area (TPSA) is 3.24 Å². The lowest BCUT2D eigenvalue weighted by atomic mass is 9.82. The molecule has 2 aliphatic rings. The van der Waals surface area contributed by atoms with Crippen molar-refractivity contribution in [1.29, 1.82) is 0 Å². The second kappa shape index (κ2) is 10.8. The van der Waals surface area contributed by atoms with Gasteiger partial charge in [0.2, 0.25) is 0 Å². The van der Waals surface area contributed by atoms with E-state index in [9.17, 15) is 0 Å². The van der Waals surface area contributed by atoms with Crippen LogP contribution in [0, 0.1) is 0 Å². The molecule has 8 aromatic carbocycles. The van der Waals surface area contributed by atoms with Crippen LogP contribution in [-0.2, 0) is 10.8 Å². The van der Waals surface area contributed by atoms with Crippen LogP contribution in [0.4, 0.5) is 17.1 Å². The molecule has 8 aromatic rings. The fourth-order valence-electron chi connectivity index (χ4n) is 9.11. The Balaban J connectivity index is 1.13. The number of anilines is 3. The molecule has 51 heavy (non-hydrogen) atoms. The number of fused-ring (bicyclic) bond motifs is 9. The molecule has 0 radical (unpaired) electrons. The Morgan fingerprint density at radius 2 is 0.922 bits per heavy atom.